The summed E-state index contributed by atoms with van der Waals surface area (Å²) in [6.45, 7) is 4.07. The van der Waals surface area contributed by atoms with Crippen molar-refractivity contribution in [2.45, 2.75) is 50.9 Å². The van der Waals surface area contributed by atoms with Crippen molar-refractivity contribution in [3.05, 3.63) is 48.3 Å². The van der Waals surface area contributed by atoms with Crippen LogP contribution in [-0.4, -0.2) is 24.3 Å². The van der Waals surface area contributed by atoms with E-state index in [0.29, 0.717) is 35.1 Å². The second-order valence-electron chi connectivity index (χ2n) is 8.64. The topological polar surface area (TPSA) is 74.6 Å². The molecule has 4 atom stereocenters. The highest BCUT2D eigenvalue weighted by molar-refractivity contribution is 5.63. The van der Waals surface area contributed by atoms with Crippen molar-refractivity contribution in [1.29, 1.82) is 0 Å². The van der Waals surface area contributed by atoms with E-state index in [1.54, 1.807) is 6.20 Å². The average Bonchev–Trinajstić information content (AvgIpc) is 3.20. The molecule has 3 aromatic rings. The largest absolute Gasteiger partial charge is 0.419 e. The number of alkyl halides is 3. The summed E-state index contributed by atoms with van der Waals surface area (Å²) in [6.07, 6.45) is 4.67. The van der Waals surface area contributed by atoms with Gasteiger partial charge in [-0.1, -0.05) is 0 Å². The molecular weight excluding hydrogens is 393 g/mol. The summed E-state index contributed by atoms with van der Waals surface area (Å²) in [5, 5.41) is 4.64. The van der Waals surface area contributed by atoms with Crippen LogP contribution in [0.5, 0.6) is 0 Å². The Kier molecular flexibility index (Phi) is 4.20. The number of pyridine rings is 1. The fraction of sp³-hybridized carbons (Fsp3) is 0.476. The SMILES string of the molecule is CC(C)n1nc(-c2cnc(N)c(C(F)(F)F)c2)cc1C1[C@H]2CC(n3ccnc3)C[C@@H]12. The van der Waals surface area contributed by atoms with Crippen LogP contribution in [0.15, 0.2) is 37.1 Å². The Bertz CT molecular complexity index is 1060. The van der Waals surface area contributed by atoms with Gasteiger partial charge in [-0.15, -0.1) is 0 Å². The molecule has 5 rings (SSSR count). The van der Waals surface area contributed by atoms with E-state index in [-0.39, 0.29) is 6.04 Å². The molecule has 2 aliphatic rings. The number of nitrogen functional groups attached to an aromatic ring is 1. The maximum atomic E-state index is 13.3. The summed E-state index contributed by atoms with van der Waals surface area (Å²) in [5.41, 5.74) is 6.46. The van der Waals surface area contributed by atoms with E-state index in [9.17, 15) is 13.2 Å². The van der Waals surface area contributed by atoms with Gasteiger partial charge in [0.25, 0.3) is 0 Å². The standard InChI is InChI=1S/C21H23F3N6/c1-11(2)30-18(19-14-6-13(7-15(14)19)29-4-3-26-10-29)8-17(28-30)12-5-16(21(22,23)24)20(25)27-9-12/h3-5,8-11,13-15,19H,6-7H2,1-2H3,(H2,25,27)/t13?,14-,15+,19?. The van der Waals surface area contributed by atoms with Gasteiger partial charge in [0.2, 0.25) is 0 Å². The maximum absolute atomic E-state index is 13.3. The first kappa shape index (κ1) is 19.1. The minimum Gasteiger partial charge on any atom is -0.383 e. The summed E-state index contributed by atoms with van der Waals surface area (Å²) in [5.74, 6) is 1.04. The highest BCUT2D eigenvalue weighted by Crippen LogP contribution is 2.66. The van der Waals surface area contributed by atoms with Gasteiger partial charge in [-0.25, -0.2) is 9.97 Å². The summed E-state index contributed by atoms with van der Waals surface area (Å²) >= 11 is 0. The molecule has 3 aromatic heterocycles. The lowest BCUT2D eigenvalue weighted by molar-refractivity contribution is -0.137. The fourth-order valence-corrected chi connectivity index (χ4v) is 5.03. The van der Waals surface area contributed by atoms with E-state index < -0.39 is 17.6 Å². The van der Waals surface area contributed by atoms with Gasteiger partial charge < -0.3 is 10.3 Å². The third-order valence-electron chi connectivity index (χ3n) is 6.48. The molecule has 0 aromatic carbocycles. The number of nitrogens with two attached hydrogens (primary N) is 1. The maximum Gasteiger partial charge on any atom is 0.419 e. The monoisotopic (exact) mass is 416 g/mol. The van der Waals surface area contributed by atoms with Crippen molar-refractivity contribution in [2.75, 3.05) is 5.73 Å². The van der Waals surface area contributed by atoms with Crippen LogP contribution in [0.3, 0.4) is 0 Å². The van der Waals surface area contributed by atoms with Crippen molar-refractivity contribution in [2.24, 2.45) is 11.8 Å². The van der Waals surface area contributed by atoms with Crippen molar-refractivity contribution in [1.82, 2.24) is 24.3 Å². The molecule has 2 saturated carbocycles. The first-order chi connectivity index (χ1) is 14.2. The molecule has 2 unspecified atom stereocenters. The lowest BCUT2D eigenvalue weighted by Gasteiger charge is -2.17. The highest BCUT2D eigenvalue weighted by Gasteiger charge is 2.58. The van der Waals surface area contributed by atoms with Crippen molar-refractivity contribution >= 4 is 5.82 Å². The molecule has 30 heavy (non-hydrogen) atoms. The second-order valence-corrected chi connectivity index (χ2v) is 8.64. The Morgan fingerprint density at radius 3 is 2.50 bits per heavy atom. The molecule has 0 aliphatic heterocycles. The predicted octanol–water partition coefficient (Wildman–Crippen LogP) is 4.69. The van der Waals surface area contributed by atoms with Gasteiger partial charge in [-0.3, -0.25) is 4.68 Å². The molecule has 158 valence electrons. The predicted molar refractivity (Wildman–Crippen MR) is 105 cm³/mol. The molecule has 0 spiro atoms. The zero-order valence-electron chi connectivity index (χ0n) is 16.7. The third kappa shape index (κ3) is 3.07. The van der Waals surface area contributed by atoms with Crippen molar-refractivity contribution in [3.8, 4) is 11.3 Å². The van der Waals surface area contributed by atoms with E-state index in [0.717, 1.165) is 24.6 Å². The summed E-state index contributed by atoms with van der Waals surface area (Å²) in [7, 11) is 0. The van der Waals surface area contributed by atoms with Gasteiger partial charge >= 0.3 is 6.18 Å². The summed E-state index contributed by atoms with van der Waals surface area (Å²) in [4.78, 5) is 7.90. The normalized spacial score (nSPS) is 25.7. The molecule has 6 nitrogen and oxygen atoms in total. The average molecular weight is 416 g/mol. The minimum atomic E-state index is -4.55. The van der Waals surface area contributed by atoms with Gasteiger partial charge in [0.1, 0.15) is 5.82 Å². The molecule has 0 radical (unpaired) electrons. The van der Waals surface area contributed by atoms with E-state index in [1.807, 2.05) is 37.1 Å². The zero-order valence-corrected chi connectivity index (χ0v) is 16.7. The number of hydrogen-bond donors (Lipinski definition) is 1. The van der Waals surface area contributed by atoms with Gasteiger partial charge in [-0.2, -0.15) is 18.3 Å². The number of nitrogens with zero attached hydrogens (tertiary/aromatic N) is 5. The van der Waals surface area contributed by atoms with E-state index >= 15 is 0 Å². The van der Waals surface area contributed by atoms with Crippen LogP contribution >= 0.6 is 0 Å². The van der Waals surface area contributed by atoms with E-state index in [2.05, 4.69) is 19.6 Å². The molecule has 2 aliphatic carbocycles. The van der Waals surface area contributed by atoms with Gasteiger partial charge in [0.05, 0.1) is 17.6 Å². The molecule has 2 N–H and O–H groups in total. The number of anilines is 1. The number of aromatic nitrogens is 5. The number of fused-ring (bicyclic) bond motifs is 1. The molecule has 3 heterocycles. The number of rotatable bonds is 4. The van der Waals surface area contributed by atoms with E-state index in [1.165, 1.54) is 6.20 Å². The fourth-order valence-electron chi connectivity index (χ4n) is 5.03. The van der Waals surface area contributed by atoms with Gasteiger partial charge in [0, 0.05) is 47.8 Å². The van der Waals surface area contributed by atoms with Crippen LogP contribution in [-0.2, 0) is 6.18 Å². The van der Waals surface area contributed by atoms with Crippen LogP contribution < -0.4 is 5.73 Å². The number of halogens is 3. The molecule has 0 bridgehead atoms. The van der Waals surface area contributed by atoms with Crippen molar-refractivity contribution in [3.63, 3.8) is 0 Å². The smallest absolute Gasteiger partial charge is 0.383 e. The first-order valence-corrected chi connectivity index (χ1v) is 10.1. The lowest BCUT2D eigenvalue weighted by atomic mass is 10.0. The van der Waals surface area contributed by atoms with Crippen LogP contribution in [0.25, 0.3) is 11.3 Å². The van der Waals surface area contributed by atoms with Crippen LogP contribution in [0.4, 0.5) is 19.0 Å². The first-order valence-electron chi connectivity index (χ1n) is 10.1. The lowest BCUT2D eigenvalue weighted by Crippen LogP contribution is -2.11. The Morgan fingerprint density at radius 1 is 1.17 bits per heavy atom. The highest BCUT2D eigenvalue weighted by atomic mass is 19.4. The van der Waals surface area contributed by atoms with Crippen LogP contribution in [0.1, 0.15) is 55.9 Å². The van der Waals surface area contributed by atoms with E-state index in [4.69, 9.17) is 5.73 Å². The number of hydrogen-bond acceptors (Lipinski definition) is 4. The molecule has 0 saturated heterocycles. The van der Waals surface area contributed by atoms with Gasteiger partial charge in [-0.05, 0) is 50.7 Å². The van der Waals surface area contributed by atoms with Crippen molar-refractivity contribution < 1.29 is 13.2 Å². The van der Waals surface area contributed by atoms with Crippen LogP contribution in [0, 0.1) is 11.8 Å². The Hall–Kier alpha value is -2.84. The van der Waals surface area contributed by atoms with Crippen LogP contribution in [0.2, 0.25) is 0 Å². The zero-order chi connectivity index (χ0) is 21.2. The van der Waals surface area contributed by atoms with Gasteiger partial charge in [0.15, 0.2) is 0 Å². The summed E-state index contributed by atoms with van der Waals surface area (Å²) in [6, 6.07) is 3.57. The minimum absolute atomic E-state index is 0.114. The quantitative estimate of drug-likeness (QED) is 0.670. The summed E-state index contributed by atoms with van der Waals surface area (Å²) < 4.78 is 43.9. The molecule has 9 heteroatoms. The Labute approximate surface area is 171 Å². The second kappa shape index (κ2) is 6.58. The number of imidazole rings is 1. The molecule has 0 amide bonds. The third-order valence-corrected chi connectivity index (χ3v) is 6.48. The molecule has 2 fully saturated rings. The molecular formula is C21H23F3N6. The Balaban J connectivity index is 1.44. The Morgan fingerprint density at radius 2 is 1.90 bits per heavy atom.